The van der Waals surface area contributed by atoms with Crippen molar-refractivity contribution in [3.8, 4) is 11.1 Å². The van der Waals surface area contributed by atoms with Gasteiger partial charge < -0.3 is 14.1 Å². The molecule has 158 valence electrons. The molecule has 0 radical (unpaired) electrons. The van der Waals surface area contributed by atoms with Crippen molar-refractivity contribution in [2.75, 3.05) is 6.61 Å². The van der Waals surface area contributed by atoms with Gasteiger partial charge in [-0.25, -0.2) is 4.79 Å². The third kappa shape index (κ3) is 5.12. The highest BCUT2D eigenvalue weighted by molar-refractivity contribution is 5.98. The van der Waals surface area contributed by atoms with Crippen LogP contribution in [0.3, 0.4) is 0 Å². The standard InChI is InChI=1S/C26H25NO4/c28-25(27(18-22-14-9-17-30-22)21-12-5-2-6-13-21)19-31-26(29)24-16-8-7-15-23(24)20-10-3-1-4-11-20/h1,3-4,7-12,14-17H,2,5-6,13,18-19H2. The summed E-state index contributed by atoms with van der Waals surface area (Å²) in [6.45, 7) is 0.00975. The molecule has 0 unspecified atom stereocenters. The molecule has 3 aromatic rings. The van der Waals surface area contributed by atoms with Crippen LogP contribution in [-0.4, -0.2) is 23.4 Å². The Balaban J connectivity index is 1.48. The quantitative estimate of drug-likeness (QED) is 0.472. The summed E-state index contributed by atoms with van der Waals surface area (Å²) < 4.78 is 10.9. The van der Waals surface area contributed by atoms with E-state index in [0.717, 1.165) is 42.5 Å². The van der Waals surface area contributed by atoms with Crippen molar-refractivity contribution in [1.82, 2.24) is 4.90 Å². The van der Waals surface area contributed by atoms with Crippen LogP contribution in [0.2, 0.25) is 0 Å². The molecule has 1 aliphatic carbocycles. The monoisotopic (exact) mass is 415 g/mol. The van der Waals surface area contributed by atoms with Gasteiger partial charge >= 0.3 is 5.97 Å². The molecule has 0 N–H and O–H groups in total. The van der Waals surface area contributed by atoms with E-state index in [2.05, 4.69) is 6.08 Å². The summed E-state index contributed by atoms with van der Waals surface area (Å²) in [5.74, 6) is -0.0703. The van der Waals surface area contributed by atoms with Gasteiger partial charge in [0.25, 0.3) is 5.91 Å². The summed E-state index contributed by atoms with van der Waals surface area (Å²) in [7, 11) is 0. The van der Waals surface area contributed by atoms with Crippen LogP contribution in [0.15, 0.2) is 89.2 Å². The van der Waals surface area contributed by atoms with Crippen LogP contribution in [0, 0.1) is 0 Å². The Bertz CT molecular complexity index is 1050. The summed E-state index contributed by atoms with van der Waals surface area (Å²) in [6, 6.07) is 20.6. The molecule has 0 spiro atoms. The molecular formula is C26H25NO4. The van der Waals surface area contributed by atoms with Gasteiger partial charge in [-0.1, -0.05) is 54.6 Å². The molecule has 1 heterocycles. The number of allylic oxidation sites excluding steroid dienone is 2. The van der Waals surface area contributed by atoms with Crippen molar-refractivity contribution in [3.05, 3.63) is 96.1 Å². The molecule has 5 heteroatoms. The Labute approximate surface area is 181 Å². The van der Waals surface area contributed by atoms with Crippen molar-refractivity contribution in [1.29, 1.82) is 0 Å². The number of nitrogens with zero attached hydrogens (tertiary/aromatic N) is 1. The Kier molecular flexibility index (Phi) is 6.62. The zero-order valence-corrected chi connectivity index (χ0v) is 17.3. The minimum atomic E-state index is -0.511. The number of furan rings is 1. The van der Waals surface area contributed by atoms with E-state index < -0.39 is 5.97 Å². The highest BCUT2D eigenvalue weighted by Gasteiger charge is 2.23. The number of benzene rings is 2. The number of hydrogen-bond acceptors (Lipinski definition) is 4. The molecule has 0 fully saturated rings. The van der Waals surface area contributed by atoms with E-state index in [1.165, 1.54) is 0 Å². The maximum atomic E-state index is 13.0. The number of carbonyl (C=O) groups is 2. The van der Waals surface area contributed by atoms with Gasteiger partial charge in [-0.3, -0.25) is 4.79 Å². The largest absolute Gasteiger partial charge is 0.467 e. The van der Waals surface area contributed by atoms with Crippen LogP contribution in [0.4, 0.5) is 0 Å². The van der Waals surface area contributed by atoms with Crippen LogP contribution < -0.4 is 0 Å². The first-order valence-electron chi connectivity index (χ1n) is 10.6. The molecule has 1 amide bonds. The first-order chi connectivity index (χ1) is 15.2. The van der Waals surface area contributed by atoms with E-state index in [-0.39, 0.29) is 12.5 Å². The van der Waals surface area contributed by atoms with Crippen molar-refractivity contribution >= 4 is 11.9 Å². The summed E-state index contributed by atoms with van der Waals surface area (Å²) >= 11 is 0. The van der Waals surface area contributed by atoms with Crippen molar-refractivity contribution in [3.63, 3.8) is 0 Å². The van der Waals surface area contributed by atoms with Gasteiger partial charge in [0.15, 0.2) is 6.61 Å². The lowest BCUT2D eigenvalue weighted by Gasteiger charge is -2.27. The van der Waals surface area contributed by atoms with Crippen LogP contribution in [0.25, 0.3) is 11.1 Å². The molecule has 0 atom stereocenters. The van der Waals surface area contributed by atoms with E-state index in [1.807, 2.05) is 48.5 Å². The minimum absolute atomic E-state index is 0.255. The lowest BCUT2D eigenvalue weighted by molar-refractivity contribution is -0.133. The number of amides is 1. The first-order valence-corrected chi connectivity index (χ1v) is 10.6. The molecular weight excluding hydrogens is 390 g/mol. The maximum Gasteiger partial charge on any atom is 0.339 e. The molecule has 0 saturated carbocycles. The molecule has 0 aliphatic heterocycles. The fourth-order valence-electron chi connectivity index (χ4n) is 3.79. The molecule has 5 nitrogen and oxygen atoms in total. The van der Waals surface area contributed by atoms with E-state index in [4.69, 9.17) is 9.15 Å². The average molecular weight is 415 g/mol. The molecule has 0 saturated heterocycles. The van der Waals surface area contributed by atoms with Crippen LogP contribution in [0.5, 0.6) is 0 Å². The Morgan fingerprint density at radius 3 is 2.48 bits per heavy atom. The molecule has 0 bridgehead atoms. The molecule has 4 rings (SSSR count). The molecule has 31 heavy (non-hydrogen) atoms. The first kappa shape index (κ1) is 20.7. The summed E-state index contributed by atoms with van der Waals surface area (Å²) in [5.41, 5.74) is 3.11. The zero-order chi connectivity index (χ0) is 21.5. The summed E-state index contributed by atoms with van der Waals surface area (Å²) in [5, 5.41) is 0. The summed E-state index contributed by atoms with van der Waals surface area (Å²) in [4.78, 5) is 27.5. The average Bonchev–Trinajstić information content (AvgIpc) is 3.35. The van der Waals surface area contributed by atoms with Crippen LogP contribution in [0.1, 0.15) is 41.8 Å². The van der Waals surface area contributed by atoms with E-state index in [9.17, 15) is 9.59 Å². The summed E-state index contributed by atoms with van der Waals surface area (Å²) in [6.07, 6.45) is 7.62. The number of hydrogen-bond donors (Lipinski definition) is 0. The van der Waals surface area contributed by atoms with Gasteiger partial charge in [-0.2, -0.15) is 0 Å². The number of ether oxygens (including phenoxy) is 1. The highest BCUT2D eigenvalue weighted by atomic mass is 16.5. The Hall–Kier alpha value is -3.60. The lowest BCUT2D eigenvalue weighted by atomic mass is 10.00. The molecule has 1 aromatic heterocycles. The van der Waals surface area contributed by atoms with Gasteiger partial charge in [-0.15, -0.1) is 0 Å². The van der Waals surface area contributed by atoms with Gasteiger partial charge in [0, 0.05) is 5.70 Å². The second kappa shape index (κ2) is 9.94. The van der Waals surface area contributed by atoms with Crippen LogP contribution in [-0.2, 0) is 16.1 Å². The van der Waals surface area contributed by atoms with Gasteiger partial charge in [0.1, 0.15) is 5.76 Å². The zero-order valence-electron chi connectivity index (χ0n) is 17.3. The fourth-order valence-corrected chi connectivity index (χ4v) is 3.79. The van der Waals surface area contributed by atoms with Gasteiger partial charge in [0.2, 0.25) is 0 Å². The maximum absolute atomic E-state index is 13.0. The number of rotatable bonds is 7. The van der Waals surface area contributed by atoms with Crippen LogP contribution >= 0.6 is 0 Å². The predicted octanol–water partition coefficient (Wildman–Crippen LogP) is 5.59. The molecule has 1 aliphatic rings. The fraction of sp³-hybridized carbons (Fsp3) is 0.231. The third-order valence-corrected chi connectivity index (χ3v) is 5.37. The number of carbonyl (C=O) groups excluding carboxylic acids is 2. The van der Waals surface area contributed by atoms with E-state index in [1.54, 1.807) is 29.4 Å². The predicted molar refractivity (Wildman–Crippen MR) is 118 cm³/mol. The lowest BCUT2D eigenvalue weighted by Crippen LogP contribution is -2.34. The van der Waals surface area contributed by atoms with Gasteiger partial charge in [0.05, 0.1) is 18.4 Å². The minimum Gasteiger partial charge on any atom is -0.467 e. The second-order valence-corrected chi connectivity index (χ2v) is 7.49. The van der Waals surface area contributed by atoms with E-state index >= 15 is 0 Å². The van der Waals surface area contributed by atoms with Gasteiger partial charge in [-0.05, 0) is 55.0 Å². The second-order valence-electron chi connectivity index (χ2n) is 7.49. The smallest absolute Gasteiger partial charge is 0.339 e. The third-order valence-electron chi connectivity index (χ3n) is 5.37. The van der Waals surface area contributed by atoms with Crippen molar-refractivity contribution < 1.29 is 18.7 Å². The number of esters is 1. The molecule has 2 aromatic carbocycles. The van der Waals surface area contributed by atoms with Crippen molar-refractivity contribution in [2.24, 2.45) is 0 Å². The van der Waals surface area contributed by atoms with Crippen molar-refractivity contribution in [2.45, 2.75) is 32.2 Å². The SMILES string of the molecule is O=C(OCC(=O)N(Cc1ccco1)C1=CCCCC1)c1ccccc1-c1ccccc1. The topological polar surface area (TPSA) is 59.8 Å². The highest BCUT2D eigenvalue weighted by Crippen LogP contribution is 2.25. The Morgan fingerprint density at radius 2 is 1.74 bits per heavy atom. The normalized spacial score (nSPS) is 13.4. The Morgan fingerprint density at radius 1 is 0.935 bits per heavy atom. The van der Waals surface area contributed by atoms with E-state index in [0.29, 0.717) is 17.9 Å².